The highest BCUT2D eigenvalue weighted by Crippen LogP contribution is 2.19. The Labute approximate surface area is 104 Å². The summed E-state index contributed by atoms with van der Waals surface area (Å²) in [6.45, 7) is 3.66. The second-order valence-electron chi connectivity index (χ2n) is 4.02. The first-order valence-corrected chi connectivity index (χ1v) is 6.13. The molecule has 0 saturated heterocycles. The molecule has 5 nitrogen and oxygen atoms in total. The largest absolute Gasteiger partial charge is 0.481 e. The van der Waals surface area contributed by atoms with E-state index in [4.69, 9.17) is 5.11 Å². The number of carbonyl (C=O) groups is 2. The highest BCUT2D eigenvalue weighted by molar-refractivity contribution is 7.08. The van der Waals surface area contributed by atoms with E-state index in [0.717, 1.165) is 11.3 Å². The molecule has 0 saturated carbocycles. The predicted octanol–water partition coefficient (Wildman–Crippen LogP) is 2.24. The summed E-state index contributed by atoms with van der Waals surface area (Å²) in [5, 5.41) is 15.3. The van der Waals surface area contributed by atoms with Crippen LogP contribution in [0.15, 0.2) is 10.8 Å². The van der Waals surface area contributed by atoms with Crippen molar-refractivity contribution in [2.24, 2.45) is 5.92 Å². The Morgan fingerprint density at radius 1 is 1.53 bits per heavy atom. The zero-order valence-electron chi connectivity index (χ0n) is 10.1. The number of aliphatic carboxylic acids is 1. The third kappa shape index (κ3) is 3.74. The second-order valence-corrected chi connectivity index (χ2v) is 4.76. The van der Waals surface area contributed by atoms with Crippen LogP contribution in [0.1, 0.15) is 12.5 Å². The van der Waals surface area contributed by atoms with Crippen LogP contribution in [-0.2, 0) is 4.79 Å². The molecule has 0 spiro atoms. The van der Waals surface area contributed by atoms with E-state index in [-0.39, 0.29) is 12.6 Å². The van der Waals surface area contributed by atoms with Crippen LogP contribution >= 0.6 is 11.3 Å². The van der Waals surface area contributed by atoms with Crippen molar-refractivity contribution in [2.75, 3.05) is 18.9 Å². The van der Waals surface area contributed by atoms with Crippen LogP contribution in [0.5, 0.6) is 0 Å². The molecule has 0 radical (unpaired) electrons. The first-order chi connectivity index (χ1) is 7.91. The number of carbonyl (C=O) groups excluding carboxylic acids is 1. The van der Waals surface area contributed by atoms with Gasteiger partial charge in [0.15, 0.2) is 0 Å². The summed E-state index contributed by atoms with van der Waals surface area (Å²) in [6.07, 6.45) is 0. The van der Waals surface area contributed by atoms with Crippen molar-refractivity contribution in [3.63, 3.8) is 0 Å². The van der Waals surface area contributed by atoms with Crippen LogP contribution in [0.3, 0.4) is 0 Å². The molecule has 0 aromatic carbocycles. The summed E-state index contributed by atoms with van der Waals surface area (Å²) in [7, 11) is 1.58. The van der Waals surface area contributed by atoms with E-state index < -0.39 is 11.9 Å². The summed E-state index contributed by atoms with van der Waals surface area (Å²) in [5.41, 5.74) is 1.78. The predicted molar refractivity (Wildman–Crippen MR) is 67.5 cm³/mol. The van der Waals surface area contributed by atoms with Crippen LogP contribution in [0.25, 0.3) is 0 Å². The Hall–Kier alpha value is -1.56. The van der Waals surface area contributed by atoms with Crippen molar-refractivity contribution in [3.05, 3.63) is 16.3 Å². The summed E-state index contributed by atoms with van der Waals surface area (Å²) in [5.74, 6) is -1.48. The standard InChI is InChI=1S/C11H16N2O3S/c1-7(10(14)15)4-13(3)11(16)12-9-6-17-5-8(9)2/h5-7H,4H2,1-3H3,(H,12,16)(H,14,15). The number of hydrogen-bond donors (Lipinski definition) is 2. The van der Waals surface area contributed by atoms with Gasteiger partial charge in [-0.25, -0.2) is 4.79 Å². The first kappa shape index (κ1) is 13.5. The molecule has 0 aliphatic rings. The summed E-state index contributed by atoms with van der Waals surface area (Å²) >= 11 is 1.51. The molecule has 94 valence electrons. The van der Waals surface area contributed by atoms with E-state index >= 15 is 0 Å². The van der Waals surface area contributed by atoms with Crippen molar-refractivity contribution in [1.82, 2.24) is 4.90 Å². The van der Waals surface area contributed by atoms with Crippen LogP contribution < -0.4 is 5.32 Å². The number of thiophene rings is 1. The number of carboxylic acids is 1. The molecule has 17 heavy (non-hydrogen) atoms. The van der Waals surface area contributed by atoms with Gasteiger partial charge >= 0.3 is 12.0 Å². The fourth-order valence-corrected chi connectivity index (χ4v) is 2.05. The molecule has 0 fully saturated rings. The average Bonchev–Trinajstić information content (AvgIpc) is 2.64. The minimum atomic E-state index is -0.906. The minimum Gasteiger partial charge on any atom is -0.481 e. The molecule has 1 rings (SSSR count). The van der Waals surface area contributed by atoms with Crippen molar-refractivity contribution < 1.29 is 14.7 Å². The van der Waals surface area contributed by atoms with Crippen molar-refractivity contribution in [2.45, 2.75) is 13.8 Å². The highest BCUT2D eigenvalue weighted by atomic mass is 32.1. The topological polar surface area (TPSA) is 69.6 Å². The molecule has 2 amide bonds. The zero-order valence-corrected chi connectivity index (χ0v) is 10.9. The third-order valence-corrected chi connectivity index (χ3v) is 3.27. The minimum absolute atomic E-state index is 0.185. The molecule has 2 N–H and O–H groups in total. The monoisotopic (exact) mass is 256 g/mol. The van der Waals surface area contributed by atoms with Crippen molar-refractivity contribution >= 4 is 29.0 Å². The molecular formula is C11H16N2O3S. The van der Waals surface area contributed by atoms with Gasteiger partial charge in [-0.1, -0.05) is 6.92 Å². The first-order valence-electron chi connectivity index (χ1n) is 5.19. The molecule has 6 heteroatoms. The van der Waals surface area contributed by atoms with Gasteiger partial charge in [0.1, 0.15) is 0 Å². The lowest BCUT2D eigenvalue weighted by Crippen LogP contribution is -2.36. The van der Waals surface area contributed by atoms with Gasteiger partial charge in [-0.3, -0.25) is 4.79 Å². The van der Waals surface area contributed by atoms with E-state index in [1.807, 2.05) is 17.7 Å². The Morgan fingerprint density at radius 3 is 2.65 bits per heavy atom. The fraction of sp³-hybridized carbons (Fsp3) is 0.455. The molecule has 1 atom stereocenters. The normalized spacial score (nSPS) is 11.9. The average molecular weight is 256 g/mol. The SMILES string of the molecule is Cc1cscc1NC(=O)N(C)CC(C)C(=O)O. The number of urea groups is 1. The van der Waals surface area contributed by atoms with Gasteiger partial charge < -0.3 is 15.3 Å². The number of aryl methyl sites for hydroxylation is 1. The van der Waals surface area contributed by atoms with Gasteiger partial charge in [0.2, 0.25) is 0 Å². The van der Waals surface area contributed by atoms with Gasteiger partial charge in [-0.15, -0.1) is 11.3 Å². The van der Waals surface area contributed by atoms with Gasteiger partial charge in [0.25, 0.3) is 0 Å². The van der Waals surface area contributed by atoms with Crippen LogP contribution in [-0.4, -0.2) is 35.6 Å². The van der Waals surface area contributed by atoms with Crippen LogP contribution in [0.2, 0.25) is 0 Å². The number of nitrogens with one attached hydrogen (secondary N) is 1. The lowest BCUT2D eigenvalue weighted by atomic mass is 10.2. The summed E-state index contributed by atoms with van der Waals surface area (Å²) in [6, 6.07) is -0.292. The Kier molecular flexibility index (Phi) is 4.51. The molecule has 1 unspecified atom stereocenters. The maximum absolute atomic E-state index is 11.7. The number of nitrogens with zero attached hydrogens (tertiary/aromatic N) is 1. The van der Waals surface area contributed by atoms with Crippen molar-refractivity contribution in [1.29, 1.82) is 0 Å². The number of anilines is 1. The van der Waals surface area contributed by atoms with Crippen molar-refractivity contribution in [3.8, 4) is 0 Å². The molecule has 1 heterocycles. The molecule has 1 aromatic heterocycles. The zero-order chi connectivity index (χ0) is 13.0. The van der Waals surface area contributed by atoms with Crippen LogP contribution in [0, 0.1) is 12.8 Å². The highest BCUT2D eigenvalue weighted by Gasteiger charge is 2.17. The molecule has 0 aliphatic heterocycles. The molecule has 0 bridgehead atoms. The van der Waals surface area contributed by atoms with E-state index in [0.29, 0.717) is 0 Å². The lowest BCUT2D eigenvalue weighted by molar-refractivity contribution is -0.141. The van der Waals surface area contributed by atoms with Crippen LogP contribution in [0.4, 0.5) is 10.5 Å². The van der Waals surface area contributed by atoms with Gasteiger partial charge in [0, 0.05) is 19.0 Å². The van der Waals surface area contributed by atoms with Gasteiger partial charge in [-0.05, 0) is 17.9 Å². The summed E-state index contributed by atoms with van der Waals surface area (Å²) < 4.78 is 0. The van der Waals surface area contributed by atoms with Gasteiger partial charge in [-0.2, -0.15) is 0 Å². The molecular weight excluding hydrogens is 240 g/mol. The van der Waals surface area contributed by atoms with E-state index in [1.54, 1.807) is 14.0 Å². The van der Waals surface area contributed by atoms with E-state index in [9.17, 15) is 9.59 Å². The second kappa shape index (κ2) is 5.67. The fourth-order valence-electron chi connectivity index (χ4n) is 1.27. The smallest absolute Gasteiger partial charge is 0.321 e. The Balaban J connectivity index is 2.53. The number of amides is 2. The Morgan fingerprint density at radius 2 is 2.18 bits per heavy atom. The summed E-state index contributed by atoms with van der Waals surface area (Å²) in [4.78, 5) is 23.8. The maximum atomic E-state index is 11.7. The lowest BCUT2D eigenvalue weighted by Gasteiger charge is -2.19. The number of rotatable bonds is 4. The van der Waals surface area contributed by atoms with E-state index in [1.165, 1.54) is 16.2 Å². The van der Waals surface area contributed by atoms with Gasteiger partial charge in [0.05, 0.1) is 11.6 Å². The Bertz CT molecular complexity index is 417. The molecule has 1 aromatic rings. The maximum Gasteiger partial charge on any atom is 0.321 e. The van der Waals surface area contributed by atoms with E-state index in [2.05, 4.69) is 5.32 Å². The quantitative estimate of drug-likeness (QED) is 0.868. The third-order valence-electron chi connectivity index (χ3n) is 2.41. The molecule has 0 aliphatic carbocycles. The number of carboxylic acid groups (broad SMARTS) is 1. The number of hydrogen-bond acceptors (Lipinski definition) is 3.